The fourth-order valence-electron chi connectivity index (χ4n) is 1.73. The number of carbonyl (C=O) groups excluding carboxylic acids is 1. The van der Waals surface area contributed by atoms with Crippen molar-refractivity contribution in [3.8, 4) is 0 Å². The maximum atomic E-state index is 12.1. The molecule has 0 atom stereocenters. The lowest BCUT2D eigenvalue weighted by atomic mass is 10.1. The molecular formula is C14H13Cl2NO2. The Morgan fingerprint density at radius 2 is 2.16 bits per heavy atom. The number of hydrogen-bond donors (Lipinski definition) is 0. The molecule has 5 heteroatoms. The van der Waals surface area contributed by atoms with E-state index in [1.807, 2.05) is 6.92 Å². The molecule has 2 aromatic rings. The van der Waals surface area contributed by atoms with Crippen LogP contribution in [0.15, 0.2) is 24.4 Å². The molecule has 0 aliphatic heterocycles. The van der Waals surface area contributed by atoms with E-state index in [9.17, 15) is 4.79 Å². The number of esters is 1. The van der Waals surface area contributed by atoms with Gasteiger partial charge in [-0.2, -0.15) is 0 Å². The average molecular weight is 298 g/mol. The van der Waals surface area contributed by atoms with Crippen LogP contribution in [0.3, 0.4) is 0 Å². The van der Waals surface area contributed by atoms with Gasteiger partial charge in [-0.15, -0.1) is 0 Å². The number of unbranched alkanes of at least 4 members (excludes halogenated alkanes) is 1. The number of rotatable bonds is 4. The van der Waals surface area contributed by atoms with Crippen molar-refractivity contribution >= 4 is 40.1 Å². The Morgan fingerprint density at radius 1 is 1.37 bits per heavy atom. The molecule has 0 amide bonds. The van der Waals surface area contributed by atoms with E-state index >= 15 is 0 Å². The molecule has 2 rings (SSSR count). The Labute approximate surface area is 121 Å². The van der Waals surface area contributed by atoms with E-state index < -0.39 is 5.97 Å². The number of ether oxygens (including phenoxy) is 1. The standard InChI is InChI=1S/C14H13Cl2NO2/c1-2-3-6-19-14(18)12-11(16)5-4-9-7-10(15)8-17-13(9)12/h4-5,7-8H,2-3,6H2,1H3. The van der Waals surface area contributed by atoms with Crippen LogP contribution in [0.4, 0.5) is 0 Å². The Morgan fingerprint density at radius 3 is 2.89 bits per heavy atom. The first kappa shape index (κ1) is 14.1. The maximum Gasteiger partial charge on any atom is 0.341 e. The zero-order chi connectivity index (χ0) is 13.8. The van der Waals surface area contributed by atoms with Gasteiger partial charge in [0.05, 0.1) is 22.2 Å². The average Bonchev–Trinajstić information content (AvgIpc) is 2.39. The van der Waals surface area contributed by atoms with Gasteiger partial charge >= 0.3 is 5.97 Å². The van der Waals surface area contributed by atoms with E-state index in [1.165, 1.54) is 6.20 Å². The lowest BCUT2D eigenvalue weighted by Crippen LogP contribution is -2.08. The summed E-state index contributed by atoms with van der Waals surface area (Å²) in [5.74, 6) is -0.445. The third kappa shape index (κ3) is 3.17. The van der Waals surface area contributed by atoms with Crippen LogP contribution in [0.1, 0.15) is 30.1 Å². The predicted molar refractivity (Wildman–Crippen MR) is 77.0 cm³/mol. The summed E-state index contributed by atoms with van der Waals surface area (Å²) in [6, 6.07) is 5.17. The van der Waals surface area contributed by atoms with Crippen LogP contribution in [-0.2, 0) is 4.74 Å². The molecule has 100 valence electrons. The van der Waals surface area contributed by atoms with E-state index in [0.29, 0.717) is 27.7 Å². The fourth-order valence-corrected chi connectivity index (χ4v) is 2.12. The van der Waals surface area contributed by atoms with Crippen molar-refractivity contribution in [1.29, 1.82) is 0 Å². The van der Waals surface area contributed by atoms with Crippen molar-refractivity contribution in [1.82, 2.24) is 4.98 Å². The summed E-state index contributed by atoms with van der Waals surface area (Å²) in [6.07, 6.45) is 3.28. The number of benzene rings is 1. The van der Waals surface area contributed by atoms with Crippen molar-refractivity contribution in [2.24, 2.45) is 0 Å². The van der Waals surface area contributed by atoms with Gasteiger partial charge in [0.1, 0.15) is 5.56 Å². The largest absolute Gasteiger partial charge is 0.462 e. The number of carbonyl (C=O) groups is 1. The second-order valence-corrected chi connectivity index (χ2v) is 4.98. The van der Waals surface area contributed by atoms with Crippen molar-refractivity contribution in [2.75, 3.05) is 6.61 Å². The van der Waals surface area contributed by atoms with Gasteiger partial charge in [0, 0.05) is 11.6 Å². The molecule has 0 aliphatic rings. The van der Waals surface area contributed by atoms with Gasteiger partial charge in [-0.3, -0.25) is 4.98 Å². The minimum atomic E-state index is -0.445. The Hall–Kier alpha value is -1.32. The first-order chi connectivity index (χ1) is 9.13. The molecule has 1 aromatic carbocycles. The second-order valence-electron chi connectivity index (χ2n) is 4.14. The third-order valence-electron chi connectivity index (χ3n) is 2.70. The second kappa shape index (κ2) is 6.22. The van der Waals surface area contributed by atoms with Crippen LogP contribution in [0.5, 0.6) is 0 Å². The molecule has 0 saturated heterocycles. The van der Waals surface area contributed by atoms with Crippen LogP contribution >= 0.6 is 23.2 Å². The Kier molecular flexibility index (Phi) is 4.61. The summed E-state index contributed by atoms with van der Waals surface area (Å²) in [5, 5.41) is 1.61. The SMILES string of the molecule is CCCCOC(=O)c1c(Cl)ccc2cc(Cl)cnc12. The van der Waals surface area contributed by atoms with E-state index in [-0.39, 0.29) is 0 Å². The van der Waals surface area contributed by atoms with Crippen molar-refractivity contribution in [2.45, 2.75) is 19.8 Å². The van der Waals surface area contributed by atoms with E-state index in [1.54, 1.807) is 18.2 Å². The topological polar surface area (TPSA) is 39.2 Å². The molecule has 3 nitrogen and oxygen atoms in total. The lowest BCUT2D eigenvalue weighted by Gasteiger charge is -2.08. The molecule has 0 saturated carbocycles. The van der Waals surface area contributed by atoms with Crippen molar-refractivity contribution in [3.05, 3.63) is 40.0 Å². The highest BCUT2D eigenvalue weighted by atomic mass is 35.5. The van der Waals surface area contributed by atoms with E-state index in [4.69, 9.17) is 27.9 Å². The fraction of sp³-hybridized carbons (Fsp3) is 0.286. The van der Waals surface area contributed by atoms with Gasteiger partial charge in [-0.1, -0.05) is 42.6 Å². The van der Waals surface area contributed by atoms with Gasteiger partial charge in [-0.25, -0.2) is 4.79 Å². The van der Waals surface area contributed by atoms with Gasteiger partial charge in [0.2, 0.25) is 0 Å². The summed E-state index contributed by atoms with van der Waals surface area (Å²) < 4.78 is 5.19. The Balaban J connectivity index is 2.40. The zero-order valence-corrected chi connectivity index (χ0v) is 12.0. The lowest BCUT2D eigenvalue weighted by molar-refractivity contribution is 0.0502. The van der Waals surface area contributed by atoms with Crippen LogP contribution in [-0.4, -0.2) is 17.6 Å². The molecule has 0 radical (unpaired) electrons. The van der Waals surface area contributed by atoms with Crippen LogP contribution in [0.2, 0.25) is 10.0 Å². The summed E-state index contributed by atoms with van der Waals surface area (Å²) in [5.41, 5.74) is 0.810. The number of halogens is 2. The van der Waals surface area contributed by atoms with Crippen molar-refractivity contribution in [3.63, 3.8) is 0 Å². The number of pyridine rings is 1. The van der Waals surface area contributed by atoms with Gasteiger partial charge in [0.15, 0.2) is 0 Å². The van der Waals surface area contributed by atoms with Gasteiger partial charge in [-0.05, 0) is 18.6 Å². The highest BCUT2D eigenvalue weighted by molar-refractivity contribution is 6.35. The number of fused-ring (bicyclic) bond motifs is 1. The summed E-state index contributed by atoms with van der Waals surface area (Å²) in [4.78, 5) is 16.2. The normalized spacial score (nSPS) is 10.7. The highest BCUT2D eigenvalue weighted by Crippen LogP contribution is 2.27. The molecule has 19 heavy (non-hydrogen) atoms. The number of aromatic nitrogens is 1. The summed E-state index contributed by atoms with van der Waals surface area (Å²) >= 11 is 12.0. The molecule has 0 bridgehead atoms. The maximum absolute atomic E-state index is 12.1. The molecule has 1 aromatic heterocycles. The predicted octanol–water partition coefficient (Wildman–Crippen LogP) is 4.50. The smallest absolute Gasteiger partial charge is 0.341 e. The van der Waals surface area contributed by atoms with E-state index in [0.717, 1.165) is 18.2 Å². The summed E-state index contributed by atoms with van der Waals surface area (Å²) in [7, 11) is 0. The molecule has 0 N–H and O–H groups in total. The molecule has 0 unspecified atom stereocenters. The third-order valence-corrected chi connectivity index (χ3v) is 3.23. The molecule has 0 aliphatic carbocycles. The first-order valence-electron chi connectivity index (χ1n) is 6.04. The monoisotopic (exact) mass is 297 g/mol. The summed E-state index contributed by atoms with van der Waals surface area (Å²) in [6.45, 7) is 2.41. The molecule has 1 heterocycles. The Bertz CT molecular complexity index is 614. The van der Waals surface area contributed by atoms with Gasteiger partial charge < -0.3 is 4.74 Å². The van der Waals surface area contributed by atoms with E-state index in [2.05, 4.69) is 4.98 Å². The first-order valence-corrected chi connectivity index (χ1v) is 6.80. The van der Waals surface area contributed by atoms with Gasteiger partial charge in [0.25, 0.3) is 0 Å². The molecule has 0 spiro atoms. The minimum Gasteiger partial charge on any atom is -0.462 e. The van der Waals surface area contributed by atoms with Crippen LogP contribution < -0.4 is 0 Å². The highest BCUT2D eigenvalue weighted by Gasteiger charge is 2.17. The number of nitrogens with zero attached hydrogens (tertiary/aromatic N) is 1. The number of hydrogen-bond acceptors (Lipinski definition) is 3. The van der Waals surface area contributed by atoms with Crippen LogP contribution in [0, 0.1) is 0 Å². The quantitative estimate of drug-likeness (QED) is 0.616. The van der Waals surface area contributed by atoms with Crippen molar-refractivity contribution < 1.29 is 9.53 Å². The van der Waals surface area contributed by atoms with Crippen LogP contribution in [0.25, 0.3) is 10.9 Å². The molecular weight excluding hydrogens is 285 g/mol. The zero-order valence-electron chi connectivity index (χ0n) is 10.5. The minimum absolute atomic E-state index is 0.298. The molecule has 0 fully saturated rings.